The molecule has 0 amide bonds. The Bertz CT molecular complexity index is 342. The van der Waals surface area contributed by atoms with Gasteiger partial charge in [0.25, 0.3) is 0 Å². The lowest BCUT2D eigenvalue weighted by atomic mass is 9.93. The van der Waals surface area contributed by atoms with E-state index in [1.807, 2.05) is 0 Å². The van der Waals surface area contributed by atoms with Crippen molar-refractivity contribution in [3.05, 3.63) is 0 Å². The normalized spacial score (nSPS) is 26.6. The minimum atomic E-state index is -0.946. The van der Waals surface area contributed by atoms with Gasteiger partial charge in [0.05, 0.1) is 18.8 Å². The maximum atomic E-state index is 10.4. The molecule has 1 aliphatic heterocycles. The van der Waals surface area contributed by atoms with Crippen LogP contribution in [0.1, 0.15) is 90.9 Å². The highest BCUT2D eigenvalue weighted by Crippen LogP contribution is 2.22. The van der Waals surface area contributed by atoms with E-state index < -0.39 is 12.2 Å². The molecule has 0 aromatic carbocycles. The Hall–Kier alpha value is -0.200. The molecule has 4 atom stereocenters. The summed E-state index contributed by atoms with van der Waals surface area (Å²) in [6, 6.07) is -0.385. The second kappa shape index (κ2) is 15.7. The van der Waals surface area contributed by atoms with Gasteiger partial charge in [-0.3, -0.25) is 4.90 Å². The number of rotatable bonds is 16. The number of hydrogen-bond acceptors (Lipinski definition) is 5. The van der Waals surface area contributed by atoms with Crippen LogP contribution >= 0.6 is 0 Å². The van der Waals surface area contributed by atoms with E-state index in [2.05, 4.69) is 18.7 Å². The first-order valence-corrected chi connectivity index (χ1v) is 11.5. The molecule has 0 aliphatic carbocycles. The molecule has 162 valence electrons. The molecule has 0 bridgehead atoms. The number of likely N-dealkylation sites (tertiary alicyclic amines) is 1. The van der Waals surface area contributed by atoms with Crippen molar-refractivity contribution >= 4 is 0 Å². The Morgan fingerprint density at radius 3 is 1.93 bits per heavy atom. The quantitative estimate of drug-likeness (QED) is 0.354. The molecule has 0 unspecified atom stereocenters. The molecule has 1 heterocycles. The Labute approximate surface area is 167 Å². The van der Waals surface area contributed by atoms with Gasteiger partial charge in [0.15, 0.2) is 0 Å². The summed E-state index contributed by atoms with van der Waals surface area (Å²) in [6.45, 7) is 6.38. The zero-order valence-electron chi connectivity index (χ0n) is 17.8. The molecule has 0 saturated carbocycles. The van der Waals surface area contributed by atoms with E-state index in [0.717, 1.165) is 25.8 Å². The van der Waals surface area contributed by atoms with Crippen LogP contribution in [0, 0.1) is 0 Å². The van der Waals surface area contributed by atoms with E-state index in [0.29, 0.717) is 13.2 Å². The molecule has 5 nitrogen and oxygen atoms in total. The number of aliphatic hydroxyl groups excluding tert-OH is 3. The first kappa shape index (κ1) is 24.8. The predicted molar refractivity (Wildman–Crippen MR) is 111 cm³/mol. The smallest absolute Gasteiger partial charge is 0.109 e. The average molecular weight is 388 g/mol. The second-order valence-electron chi connectivity index (χ2n) is 8.17. The van der Waals surface area contributed by atoms with Crippen molar-refractivity contribution in [1.29, 1.82) is 0 Å². The summed E-state index contributed by atoms with van der Waals surface area (Å²) in [7, 11) is 0. The van der Waals surface area contributed by atoms with E-state index in [-0.39, 0.29) is 18.8 Å². The molecular weight excluding hydrogens is 342 g/mol. The lowest BCUT2D eigenvalue weighted by Gasteiger charge is -2.44. The van der Waals surface area contributed by atoms with Crippen molar-refractivity contribution in [2.75, 3.05) is 26.3 Å². The molecule has 3 N–H and O–H groups in total. The summed E-state index contributed by atoms with van der Waals surface area (Å²) >= 11 is 0. The van der Waals surface area contributed by atoms with E-state index in [9.17, 15) is 15.3 Å². The lowest BCUT2D eigenvalue weighted by Crippen LogP contribution is -2.63. The summed E-state index contributed by atoms with van der Waals surface area (Å²) in [6.07, 6.45) is 12.3. The van der Waals surface area contributed by atoms with Crippen LogP contribution < -0.4 is 0 Å². The minimum Gasteiger partial charge on any atom is -0.395 e. The van der Waals surface area contributed by atoms with Gasteiger partial charge in [-0.1, -0.05) is 78.1 Å². The standard InChI is InChI=1S/C22H45NO4/c1-3-5-7-9-11-13-15-23-17-20(22(26)21(25)19(23)18-24)27-16-14-12-10-8-6-4-2/h19-22,24-26H,3-18H2,1-2H3/t19-,20+,21+,22-/m1/s1. The summed E-state index contributed by atoms with van der Waals surface area (Å²) in [5.74, 6) is 0. The third kappa shape index (κ3) is 9.71. The van der Waals surface area contributed by atoms with Gasteiger partial charge >= 0.3 is 0 Å². The van der Waals surface area contributed by atoms with Gasteiger partial charge in [-0.15, -0.1) is 0 Å². The van der Waals surface area contributed by atoms with Gasteiger partial charge in [-0.2, -0.15) is 0 Å². The van der Waals surface area contributed by atoms with Crippen molar-refractivity contribution in [2.24, 2.45) is 0 Å². The van der Waals surface area contributed by atoms with Crippen molar-refractivity contribution < 1.29 is 20.1 Å². The van der Waals surface area contributed by atoms with Crippen LogP contribution in [0.4, 0.5) is 0 Å². The molecular formula is C22H45NO4. The van der Waals surface area contributed by atoms with Gasteiger partial charge in [-0.25, -0.2) is 0 Å². The minimum absolute atomic E-state index is 0.127. The van der Waals surface area contributed by atoms with E-state index in [1.54, 1.807) is 0 Å². The lowest BCUT2D eigenvalue weighted by molar-refractivity contribution is -0.163. The highest BCUT2D eigenvalue weighted by Gasteiger charge is 2.41. The molecule has 5 heteroatoms. The molecule has 0 aromatic rings. The summed E-state index contributed by atoms with van der Waals surface area (Å²) < 4.78 is 5.92. The number of hydrogen-bond donors (Lipinski definition) is 3. The fraction of sp³-hybridized carbons (Fsp3) is 1.00. The monoisotopic (exact) mass is 387 g/mol. The highest BCUT2D eigenvalue weighted by molar-refractivity contribution is 4.94. The Morgan fingerprint density at radius 1 is 0.778 bits per heavy atom. The fourth-order valence-corrected chi connectivity index (χ4v) is 3.98. The maximum Gasteiger partial charge on any atom is 0.109 e. The number of ether oxygens (including phenoxy) is 1. The molecule has 1 fully saturated rings. The molecule has 27 heavy (non-hydrogen) atoms. The van der Waals surface area contributed by atoms with Gasteiger partial charge in [0, 0.05) is 13.2 Å². The first-order chi connectivity index (χ1) is 13.2. The summed E-state index contributed by atoms with van der Waals surface area (Å²) in [5.41, 5.74) is 0. The largest absolute Gasteiger partial charge is 0.395 e. The van der Waals surface area contributed by atoms with Crippen molar-refractivity contribution in [3.8, 4) is 0 Å². The average Bonchev–Trinajstić information content (AvgIpc) is 2.67. The molecule has 0 aromatic heterocycles. The van der Waals surface area contributed by atoms with Crippen LogP contribution in [0.15, 0.2) is 0 Å². The number of unbranched alkanes of at least 4 members (excludes halogenated alkanes) is 10. The zero-order chi connectivity index (χ0) is 19.9. The van der Waals surface area contributed by atoms with Crippen LogP contribution in [0.2, 0.25) is 0 Å². The topological polar surface area (TPSA) is 73.2 Å². The van der Waals surface area contributed by atoms with Gasteiger partial charge in [0.2, 0.25) is 0 Å². The van der Waals surface area contributed by atoms with Gasteiger partial charge in [0.1, 0.15) is 12.2 Å². The van der Waals surface area contributed by atoms with Crippen LogP contribution in [0.3, 0.4) is 0 Å². The Balaban J connectivity index is 2.33. The third-order valence-electron chi connectivity index (χ3n) is 5.82. The first-order valence-electron chi connectivity index (χ1n) is 11.5. The molecule has 0 radical (unpaired) electrons. The van der Waals surface area contributed by atoms with Crippen molar-refractivity contribution in [3.63, 3.8) is 0 Å². The Morgan fingerprint density at radius 2 is 1.33 bits per heavy atom. The van der Waals surface area contributed by atoms with Crippen LogP contribution in [0.5, 0.6) is 0 Å². The number of nitrogens with zero attached hydrogens (tertiary/aromatic N) is 1. The Kier molecular flexibility index (Phi) is 14.4. The molecule has 1 aliphatic rings. The maximum absolute atomic E-state index is 10.4. The van der Waals surface area contributed by atoms with Gasteiger partial charge < -0.3 is 20.1 Å². The van der Waals surface area contributed by atoms with E-state index >= 15 is 0 Å². The van der Waals surface area contributed by atoms with Crippen LogP contribution in [-0.2, 0) is 4.74 Å². The van der Waals surface area contributed by atoms with Crippen LogP contribution in [0.25, 0.3) is 0 Å². The zero-order valence-corrected chi connectivity index (χ0v) is 17.8. The van der Waals surface area contributed by atoms with Crippen molar-refractivity contribution in [1.82, 2.24) is 4.90 Å². The summed E-state index contributed by atoms with van der Waals surface area (Å²) in [5, 5.41) is 30.5. The number of piperidine rings is 1. The van der Waals surface area contributed by atoms with Gasteiger partial charge in [-0.05, 0) is 19.4 Å². The van der Waals surface area contributed by atoms with Crippen molar-refractivity contribution in [2.45, 2.75) is 115 Å². The molecule has 1 rings (SSSR count). The molecule has 1 saturated heterocycles. The van der Waals surface area contributed by atoms with E-state index in [1.165, 1.54) is 57.8 Å². The third-order valence-corrected chi connectivity index (χ3v) is 5.82. The SMILES string of the molecule is CCCCCCCCO[C@H]1CN(CCCCCCCC)[C@H](CO)[C@H](O)[C@@H]1O. The molecule has 0 spiro atoms. The van der Waals surface area contributed by atoms with Crippen LogP contribution in [-0.4, -0.2) is 70.9 Å². The second-order valence-corrected chi connectivity index (χ2v) is 8.17. The fourth-order valence-electron chi connectivity index (χ4n) is 3.98. The number of aliphatic hydroxyl groups is 3. The highest BCUT2D eigenvalue weighted by atomic mass is 16.5. The summed E-state index contributed by atoms with van der Waals surface area (Å²) in [4.78, 5) is 2.11. The van der Waals surface area contributed by atoms with E-state index in [4.69, 9.17) is 4.74 Å². The predicted octanol–water partition coefficient (Wildman–Crippen LogP) is 3.49.